The van der Waals surface area contributed by atoms with Crippen LogP contribution in [0.1, 0.15) is 43.5 Å². The second-order valence-electron chi connectivity index (χ2n) is 6.78. The minimum atomic E-state index is -4.47. The smallest absolute Gasteiger partial charge is 0.376 e. The van der Waals surface area contributed by atoms with E-state index in [1.165, 1.54) is 6.07 Å². The molecule has 1 saturated heterocycles. The Labute approximate surface area is 161 Å². The number of alkyl halides is 3. The summed E-state index contributed by atoms with van der Waals surface area (Å²) < 4.78 is 36.5. The van der Waals surface area contributed by atoms with E-state index in [2.05, 4.69) is 5.32 Å². The molecule has 2 rings (SSSR count). The second-order valence-corrected chi connectivity index (χ2v) is 7.21. The molecular formula is C18H23ClF3N3O2. The van der Waals surface area contributed by atoms with Crippen LogP contribution in [0.15, 0.2) is 18.2 Å². The van der Waals surface area contributed by atoms with Gasteiger partial charge in [0.25, 0.3) is 5.91 Å². The summed E-state index contributed by atoms with van der Waals surface area (Å²) in [6.45, 7) is 2.18. The monoisotopic (exact) mass is 405 g/mol. The first-order valence-corrected chi connectivity index (χ1v) is 9.16. The highest BCUT2D eigenvalue weighted by Gasteiger charge is 2.31. The Morgan fingerprint density at radius 2 is 1.85 bits per heavy atom. The molecule has 2 N–H and O–H groups in total. The van der Waals surface area contributed by atoms with Crippen LogP contribution >= 0.6 is 11.6 Å². The van der Waals surface area contributed by atoms with E-state index < -0.39 is 18.6 Å². The Morgan fingerprint density at radius 3 is 2.44 bits per heavy atom. The van der Waals surface area contributed by atoms with Gasteiger partial charge in [-0.25, -0.2) is 0 Å². The summed E-state index contributed by atoms with van der Waals surface area (Å²) in [6, 6.07) is 4.75. The first kappa shape index (κ1) is 21.3. The van der Waals surface area contributed by atoms with E-state index in [0.29, 0.717) is 16.3 Å². The topological polar surface area (TPSA) is 61.4 Å². The van der Waals surface area contributed by atoms with Crippen molar-refractivity contribution in [2.45, 2.75) is 51.4 Å². The van der Waals surface area contributed by atoms with Crippen LogP contribution in [0, 0.1) is 0 Å². The predicted molar refractivity (Wildman–Crippen MR) is 98.0 cm³/mol. The second kappa shape index (κ2) is 8.82. The van der Waals surface area contributed by atoms with Crippen molar-refractivity contribution in [2.24, 2.45) is 0 Å². The number of rotatable bonds is 5. The van der Waals surface area contributed by atoms with E-state index in [1.54, 1.807) is 22.3 Å². The van der Waals surface area contributed by atoms with Gasteiger partial charge in [0.1, 0.15) is 6.54 Å². The summed E-state index contributed by atoms with van der Waals surface area (Å²) in [6.07, 6.45) is -1.62. The summed E-state index contributed by atoms with van der Waals surface area (Å²) in [5, 5.41) is 4.89. The van der Waals surface area contributed by atoms with Gasteiger partial charge in [-0.15, -0.1) is 0 Å². The van der Waals surface area contributed by atoms with Crippen molar-refractivity contribution >= 4 is 29.1 Å². The molecule has 0 spiro atoms. The van der Waals surface area contributed by atoms with Gasteiger partial charge in [0.2, 0.25) is 5.91 Å². The van der Waals surface area contributed by atoms with Crippen LogP contribution in [0.3, 0.4) is 0 Å². The molecule has 0 radical (unpaired) electrons. The number of piperidine rings is 1. The molecule has 0 saturated carbocycles. The maximum Gasteiger partial charge on any atom is 0.405 e. The molecule has 0 aromatic heterocycles. The van der Waals surface area contributed by atoms with Gasteiger partial charge in [0, 0.05) is 22.8 Å². The van der Waals surface area contributed by atoms with E-state index >= 15 is 0 Å². The Bertz CT molecular complexity index is 687. The zero-order valence-corrected chi connectivity index (χ0v) is 16.0. The number of halogens is 4. The first-order valence-electron chi connectivity index (χ1n) is 8.78. The number of hydrogen-bond donors (Lipinski definition) is 2. The fourth-order valence-electron chi connectivity index (χ4n) is 3.25. The van der Waals surface area contributed by atoms with Crippen LogP contribution in [0.4, 0.5) is 18.9 Å². The van der Waals surface area contributed by atoms with Gasteiger partial charge in [-0.1, -0.05) is 11.6 Å². The number of hydrogen-bond acceptors (Lipinski definition) is 3. The van der Waals surface area contributed by atoms with Crippen molar-refractivity contribution in [2.75, 3.05) is 18.4 Å². The molecule has 2 atom stereocenters. The fraction of sp³-hybridized carbons (Fsp3) is 0.556. The van der Waals surface area contributed by atoms with Crippen molar-refractivity contribution < 1.29 is 22.8 Å². The van der Waals surface area contributed by atoms with Crippen molar-refractivity contribution in [1.29, 1.82) is 0 Å². The maximum absolute atomic E-state index is 13.1. The number of nitrogens with one attached hydrogen (secondary N) is 2. The van der Waals surface area contributed by atoms with Crippen molar-refractivity contribution in [3.8, 4) is 0 Å². The summed E-state index contributed by atoms with van der Waals surface area (Å²) in [7, 11) is 0. The number of benzene rings is 1. The van der Waals surface area contributed by atoms with E-state index in [4.69, 9.17) is 11.6 Å². The van der Waals surface area contributed by atoms with Crippen molar-refractivity contribution in [3.63, 3.8) is 0 Å². The molecular weight excluding hydrogens is 383 g/mol. The first-order chi connectivity index (χ1) is 12.6. The Hall–Kier alpha value is -1.96. The Morgan fingerprint density at radius 1 is 1.22 bits per heavy atom. The average molecular weight is 406 g/mol. The lowest BCUT2D eigenvalue weighted by molar-refractivity contribution is -0.137. The van der Waals surface area contributed by atoms with Gasteiger partial charge in [-0.05, 0) is 51.3 Å². The highest BCUT2D eigenvalue weighted by Crippen LogP contribution is 2.28. The molecule has 150 valence electrons. The number of carbonyl (C=O) groups excluding carboxylic acids is 2. The number of likely N-dealkylation sites (tertiary alicyclic amines) is 1. The molecule has 1 heterocycles. The average Bonchev–Trinajstić information content (AvgIpc) is 2.58. The molecule has 0 unspecified atom stereocenters. The van der Waals surface area contributed by atoms with Gasteiger partial charge in [0.05, 0.1) is 12.1 Å². The highest BCUT2D eigenvalue weighted by atomic mass is 35.5. The summed E-state index contributed by atoms with van der Waals surface area (Å²) in [4.78, 5) is 26.5. The summed E-state index contributed by atoms with van der Waals surface area (Å²) >= 11 is 6.03. The molecule has 2 amide bonds. The molecule has 0 aliphatic carbocycles. The maximum atomic E-state index is 13.1. The zero-order valence-electron chi connectivity index (χ0n) is 15.2. The van der Waals surface area contributed by atoms with Crippen LogP contribution in [-0.2, 0) is 4.79 Å². The van der Waals surface area contributed by atoms with E-state index in [-0.39, 0.29) is 24.5 Å². The third-order valence-corrected chi connectivity index (χ3v) is 4.80. The van der Waals surface area contributed by atoms with Crippen molar-refractivity contribution in [1.82, 2.24) is 10.2 Å². The molecule has 9 heteroatoms. The van der Waals surface area contributed by atoms with Crippen molar-refractivity contribution in [3.05, 3.63) is 28.8 Å². The quantitative estimate of drug-likeness (QED) is 0.782. The third-order valence-electron chi connectivity index (χ3n) is 4.57. The Kier molecular flexibility index (Phi) is 6.97. The fourth-order valence-corrected chi connectivity index (χ4v) is 3.42. The lowest BCUT2D eigenvalue weighted by Gasteiger charge is -2.39. The van der Waals surface area contributed by atoms with E-state index in [0.717, 1.165) is 19.3 Å². The van der Waals surface area contributed by atoms with Crippen LogP contribution in [0.5, 0.6) is 0 Å². The van der Waals surface area contributed by atoms with E-state index in [9.17, 15) is 22.8 Å². The van der Waals surface area contributed by atoms with Crippen LogP contribution < -0.4 is 10.6 Å². The SMILES string of the molecule is C[C@H]1CCC[C@H](C)N1C(=O)c1cc(Cl)ccc1NCC(=O)NCC(F)(F)F. The molecule has 1 aliphatic rings. The minimum absolute atomic E-state index is 0.0724. The normalized spacial score (nSPS) is 20.3. The van der Waals surface area contributed by atoms with E-state index in [1.807, 2.05) is 13.8 Å². The van der Waals surface area contributed by atoms with Gasteiger partial charge in [-0.2, -0.15) is 13.2 Å². The molecule has 27 heavy (non-hydrogen) atoms. The summed E-state index contributed by atoms with van der Waals surface area (Å²) in [5.74, 6) is -1.03. The largest absolute Gasteiger partial charge is 0.405 e. The van der Waals surface area contributed by atoms with Crippen LogP contribution in [0.2, 0.25) is 5.02 Å². The standard InChI is InChI=1S/C18H23ClF3N3O2/c1-11-4-3-5-12(2)25(11)17(27)14-8-13(19)6-7-15(14)23-9-16(26)24-10-18(20,21)22/h6-8,11-12,23H,3-5,9-10H2,1-2H3,(H,24,26)/t11-,12-/m0/s1. The minimum Gasteiger partial charge on any atom is -0.376 e. The molecule has 1 aromatic rings. The van der Waals surface area contributed by atoms with Crippen LogP contribution in [0.25, 0.3) is 0 Å². The lowest BCUT2D eigenvalue weighted by atomic mass is 9.96. The number of carbonyl (C=O) groups is 2. The Balaban J connectivity index is 2.12. The third kappa shape index (κ3) is 6.02. The van der Waals surface area contributed by atoms with Gasteiger partial charge < -0.3 is 15.5 Å². The molecule has 1 fully saturated rings. The van der Waals surface area contributed by atoms with Gasteiger partial charge in [0.15, 0.2) is 0 Å². The number of amides is 2. The molecule has 5 nitrogen and oxygen atoms in total. The lowest BCUT2D eigenvalue weighted by Crippen LogP contribution is -2.47. The highest BCUT2D eigenvalue weighted by molar-refractivity contribution is 6.31. The predicted octanol–water partition coefficient (Wildman–Crippen LogP) is 3.83. The molecule has 1 aliphatic heterocycles. The number of nitrogens with zero attached hydrogens (tertiary/aromatic N) is 1. The van der Waals surface area contributed by atoms with Gasteiger partial charge >= 0.3 is 6.18 Å². The van der Waals surface area contributed by atoms with Gasteiger partial charge in [-0.3, -0.25) is 9.59 Å². The number of anilines is 1. The zero-order chi connectivity index (χ0) is 20.2. The molecule has 1 aromatic carbocycles. The molecule has 0 bridgehead atoms. The summed E-state index contributed by atoms with van der Waals surface area (Å²) in [5.41, 5.74) is 0.656. The van der Waals surface area contributed by atoms with Crippen LogP contribution in [-0.4, -0.2) is 48.1 Å².